The molecule has 21 heavy (non-hydrogen) atoms. The largest absolute Gasteiger partial charge is 0.307 e. The fourth-order valence-electron chi connectivity index (χ4n) is 1.84. The summed E-state index contributed by atoms with van der Waals surface area (Å²) in [6.07, 6.45) is 0. The van der Waals surface area contributed by atoms with E-state index in [4.69, 9.17) is 4.98 Å². The van der Waals surface area contributed by atoms with Gasteiger partial charge in [-0.15, -0.1) is 23.1 Å². The van der Waals surface area contributed by atoms with Gasteiger partial charge in [-0.2, -0.15) is 0 Å². The number of nitrogens with one attached hydrogen (secondary N) is 1. The zero-order valence-corrected chi connectivity index (χ0v) is 15.1. The normalized spacial score (nSPS) is 11.9. The van der Waals surface area contributed by atoms with Crippen molar-refractivity contribution in [3.05, 3.63) is 45.4 Å². The molecule has 4 heteroatoms. The highest BCUT2D eigenvalue weighted by Gasteiger charge is 2.12. The number of thiazole rings is 1. The Morgan fingerprint density at radius 2 is 1.81 bits per heavy atom. The number of hydrogen-bond donors (Lipinski definition) is 1. The molecule has 0 amide bonds. The zero-order valence-electron chi connectivity index (χ0n) is 13.5. The zero-order chi connectivity index (χ0) is 15.5. The van der Waals surface area contributed by atoms with Crippen LogP contribution in [0.1, 0.15) is 41.9 Å². The van der Waals surface area contributed by atoms with Gasteiger partial charge in [0.2, 0.25) is 0 Å². The number of aryl methyl sites for hydroxylation is 2. The maximum atomic E-state index is 4.70. The van der Waals surface area contributed by atoms with Gasteiger partial charge < -0.3 is 5.32 Å². The van der Waals surface area contributed by atoms with Crippen LogP contribution in [0.3, 0.4) is 0 Å². The highest BCUT2D eigenvalue weighted by molar-refractivity contribution is 7.98. The van der Waals surface area contributed by atoms with E-state index in [9.17, 15) is 0 Å². The number of hydrogen-bond acceptors (Lipinski definition) is 4. The molecule has 0 radical (unpaired) electrons. The van der Waals surface area contributed by atoms with E-state index in [1.807, 2.05) is 23.1 Å². The molecule has 0 aliphatic heterocycles. The third-order valence-electron chi connectivity index (χ3n) is 3.10. The Bertz CT molecular complexity index is 580. The molecule has 0 saturated carbocycles. The molecule has 0 unspecified atom stereocenters. The highest BCUT2D eigenvalue weighted by atomic mass is 32.2. The monoisotopic (exact) mass is 320 g/mol. The third-order valence-corrected chi connectivity index (χ3v) is 5.46. The lowest BCUT2D eigenvalue weighted by atomic mass is 10.1. The summed E-state index contributed by atoms with van der Waals surface area (Å²) in [5.74, 6) is 0.948. The fourth-order valence-corrected chi connectivity index (χ4v) is 3.74. The molecule has 114 valence electrons. The summed E-state index contributed by atoms with van der Waals surface area (Å²) in [5, 5.41) is 4.75. The van der Waals surface area contributed by atoms with Gasteiger partial charge >= 0.3 is 0 Å². The maximum absolute atomic E-state index is 4.70. The van der Waals surface area contributed by atoms with Crippen LogP contribution in [0.2, 0.25) is 0 Å². The third kappa shape index (κ3) is 5.46. The quantitative estimate of drug-likeness (QED) is 0.790. The van der Waals surface area contributed by atoms with Crippen LogP contribution in [0.15, 0.2) is 29.2 Å². The molecule has 2 aromatic rings. The van der Waals surface area contributed by atoms with Crippen molar-refractivity contribution in [3.63, 3.8) is 0 Å². The molecule has 0 aliphatic rings. The summed E-state index contributed by atoms with van der Waals surface area (Å²) in [6, 6.07) is 8.69. The summed E-state index contributed by atoms with van der Waals surface area (Å²) in [6.45, 7) is 11.7. The first-order chi connectivity index (χ1) is 9.83. The van der Waals surface area contributed by atoms with E-state index in [-0.39, 0.29) is 5.54 Å². The number of rotatable bonds is 5. The van der Waals surface area contributed by atoms with Gasteiger partial charge in [0.1, 0.15) is 5.01 Å². The summed E-state index contributed by atoms with van der Waals surface area (Å²) in [4.78, 5) is 7.36. The van der Waals surface area contributed by atoms with E-state index in [1.54, 1.807) is 0 Å². The molecule has 0 atom stereocenters. The molecule has 0 aliphatic carbocycles. The molecule has 1 aromatic carbocycles. The molecule has 0 fully saturated rings. The van der Waals surface area contributed by atoms with Crippen LogP contribution in [0.25, 0.3) is 0 Å². The van der Waals surface area contributed by atoms with E-state index in [0.717, 1.165) is 18.0 Å². The Morgan fingerprint density at radius 3 is 2.43 bits per heavy atom. The second-order valence-electron chi connectivity index (χ2n) is 6.32. The average Bonchev–Trinajstić information content (AvgIpc) is 2.76. The Balaban J connectivity index is 1.94. The number of thioether (sulfide) groups is 1. The Labute approximate surface area is 136 Å². The van der Waals surface area contributed by atoms with Crippen molar-refractivity contribution in [2.24, 2.45) is 0 Å². The summed E-state index contributed by atoms with van der Waals surface area (Å²) < 4.78 is 0. The van der Waals surface area contributed by atoms with Crippen LogP contribution in [0.4, 0.5) is 0 Å². The minimum atomic E-state index is 0.146. The molecular weight excluding hydrogens is 296 g/mol. The lowest BCUT2D eigenvalue weighted by Crippen LogP contribution is -2.34. The minimum absolute atomic E-state index is 0.146. The van der Waals surface area contributed by atoms with Gasteiger partial charge in [-0.05, 0) is 46.8 Å². The van der Waals surface area contributed by atoms with E-state index < -0.39 is 0 Å². The van der Waals surface area contributed by atoms with Crippen LogP contribution >= 0.6 is 23.1 Å². The van der Waals surface area contributed by atoms with E-state index in [0.29, 0.717) is 0 Å². The van der Waals surface area contributed by atoms with Crippen molar-refractivity contribution in [2.45, 2.75) is 57.4 Å². The smallest absolute Gasteiger partial charge is 0.103 e. The molecular formula is C17H24N2S2. The number of nitrogens with zero attached hydrogens (tertiary/aromatic N) is 1. The van der Waals surface area contributed by atoms with E-state index >= 15 is 0 Å². The van der Waals surface area contributed by atoms with E-state index in [2.05, 4.69) is 64.2 Å². The summed E-state index contributed by atoms with van der Waals surface area (Å²) >= 11 is 3.68. The number of benzene rings is 1. The molecule has 2 rings (SSSR count). The first-order valence-corrected chi connectivity index (χ1v) is 9.03. The van der Waals surface area contributed by atoms with Crippen LogP contribution in [0.5, 0.6) is 0 Å². The second-order valence-corrected chi connectivity index (χ2v) is 8.54. The topological polar surface area (TPSA) is 24.9 Å². The SMILES string of the molecule is Cc1ccc(SCc2nc(C)c(CNC(C)(C)C)s2)cc1. The standard InChI is InChI=1S/C17H24N2S2/c1-12-6-8-14(9-7-12)20-11-16-19-13(2)15(21-16)10-18-17(3,4)5/h6-9,18H,10-11H2,1-5H3. The predicted molar refractivity (Wildman–Crippen MR) is 94.2 cm³/mol. The van der Waals surface area contributed by atoms with Crippen LogP contribution in [-0.2, 0) is 12.3 Å². The molecule has 1 heterocycles. The van der Waals surface area contributed by atoms with Crippen molar-refractivity contribution >= 4 is 23.1 Å². The Kier molecular flexibility index (Phi) is 5.47. The Morgan fingerprint density at radius 1 is 1.14 bits per heavy atom. The van der Waals surface area contributed by atoms with Crippen molar-refractivity contribution in [1.29, 1.82) is 0 Å². The van der Waals surface area contributed by atoms with Gasteiger partial charge in [-0.25, -0.2) is 4.98 Å². The molecule has 2 nitrogen and oxygen atoms in total. The first kappa shape index (κ1) is 16.5. The van der Waals surface area contributed by atoms with Crippen LogP contribution < -0.4 is 5.32 Å². The predicted octanol–water partition coefficient (Wildman–Crippen LogP) is 4.94. The van der Waals surface area contributed by atoms with Gasteiger partial charge in [0.05, 0.1) is 11.4 Å². The van der Waals surface area contributed by atoms with Gasteiger partial charge in [-0.3, -0.25) is 0 Å². The number of aromatic nitrogens is 1. The summed E-state index contributed by atoms with van der Waals surface area (Å²) in [7, 11) is 0. The molecule has 0 spiro atoms. The van der Waals surface area contributed by atoms with Gasteiger partial charge in [-0.1, -0.05) is 17.7 Å². The molecule has 0 saturated heterocycles. The maximum Gasteiger partial charge on any atom is 0.103 e. The average molecular weight is 321 g/mol. The van der Waals surface area contributed by atoms with Crippen molar-refractivity contribution in [3.8, 4) is 0 Å². The fraction of sp³-hybridized carbons (Fsp3) is 0.471. The lowest BCUT2D eigenvalue weighted by molar-refractivity contribution is 0.425. The highest BCUT2D eigenvalue weighted by Crippen LogP contribution is 2.27. The molecule has 1 N–H and O–H groups in total. The lowest BCUT2D eigenvalue weighted by Gasteiger charge is -2.19. The van der Waals surface area contributed by atoms with Crippen LogP contribution in [-0.4, -0.2) is 10.5 Å². The summed E-state index contributed by atoms with van der Waals surface area (Å²) in [5.41, 5.74) is 2.61. The molecule has 1 aromatic heterocycles. The van der Waals surface area contributed by atoms with Gasteiger partial charge in [0.15, 0.2) is 0 Å². The van der Waals surface area contributed by atoms with Crippen molar-refractivity contribution in [2.75, 3.05) is 0 Å². The van der Waals surface area contributed by atoms with Gasteiger partial charge in [0, 0.05) is 21.9 Å². The second kappa shape index (κ2) is 6.95. The first-order valence-electron chi connectivity index (χ1n) is 7.23. The minimum Gasteiger partial charge on any atom is -0.307 e. The Hall–Kier alpha value is -0.840. The van der Waals surface area contributed by atoms with Crippen LogP contribution in [0, 0.1) is 13.8 Å². The van der Waals surface area contributed by atoms with Crippen molar-refractivity contribution in [1.82, 2.24) is 10.3 Å². The van der Waals surface area contributed by atoms with E-state index in [1.165, 1.54) is 20.3 Å². The molecule has 0 bridgehead atoms. The van der Waals surface area contributed by atoms with Gasteiger partial charge in [0.25, 0.3) is 0 Å². The van der Waals surface area contributed by atoms with Crippen molar-refractivity contribution < 1.29 is 0 Å².